The summed E-state index contributed by atoms with van der Waals surface area (Å²) in [6.45, 7) is 0.232. The molecule has 5 N–H and O–H groups in total. The van der Waals surface area contributed by atoms with Crippen LogP contribution < -0.4 is 21.3 Å². The van der Waals surface area contributed by atoms with E-state index < -0.39 is 53.8 Å². The highest BCUT2D eigenvalue weighted by molar-refractivity contribution is 6.31. The summed E-state index contributed by atoms with van der Waals surface area (Å²) >= 11 is 6.02. The number of halogens is 1. The molecule has 0 aliphatic carbocycles. The van der Waals surface area contributed by atoms with E-state index in [1.165, 1.54) is 23.2 Å². The van der Waals surface area contributed by atoms with Crippen molar-refractivity contribution in [2.75, 3.05) is 13.1 Å². The average Bonchev–Trinajstić information content (AvgIpc) is 3.55. The third-order valence-corrected chi connectivity index (χ3v) is 7.65. The first-order valence-corrected chi connectivity index (χ1v) is 14.4. The highest BCUT2D eigenvalue weighted by atomic mass is 35.5. The number of hydrogen-bond donors (Lipinski definition) is 5. The Kier molecular flexibility index (Phi) is 10.3. The second-order valence-electron chi connectivity index (χ2n) is 10.6. The van der Waals surface area contributed by atoms with Gasteiger partial charge in [0.25, 0.3) is 11.8 Å². The SMILES string of the molecule is Cn1cc(Cl)cc1C(=O)N[C@@H]1C[C@H]2C(=O)N[C@H](C(=O)O)CCC(=O)NCCCC[C@H](NC(=O)c3ccccn3)C(=O)N2C1. The van der Waals surface area contributed by atoms with Crippen molar-refractivity contribution in [1.29, 1.82) is 0 Å². The van der Waals surface area contributed by atoms with Gasteiger partial charge in [-0.2, -0.15) is 0 Å². The van der Waals surface area contributed by atoms with Crippen LogP contribution in [0.25, 0.3) is 0 Å². The van der Waals surface area contributed by atoms with Crippen molar-refractivity contribution in [3.63, 3.8) is 0 Å². The minimum absolute atomic E-state index is 0.00476. The van der Waals surface area contributed by atoms with E-state index in [1.807, 2.05) is 0 Å². The zero-order valence-corrected chi connectivity index (χ0v) is 24.3. The van der Waals surface area contributed by atoms with Crippen molar-refractivity contribution < 1.29 is 33.9 Å². The first kappa shape index (κ1) is 31.5. The van der Waals surface area contributed by atoms with Crippen LogP contribution in [0.15, 0.2) is 36.7 Å². The maximum atomic E-state index is 14.0. The van der Waals surface area contributed by atoms with Gasteiger partial charge in [-0.25, -0.2) is 4.79 Å². The molecule has 0 spiro atoms. The molecule has 0 aromatic carbocycles. The Morgan fingerprint density at radius 2 is 1.88 bits per heavy atom. The summed E-state index contributed by atoms with van der Waals surface area (Å²) in [5, 5.41) is 20.8. The van der Waals surface area contributed by atoms with Crippen LogP contribution in [0.5, 0.6) is 0 Å². The van der Waals surface area contributed by atoms with E-state index in [9.17, 15) is 33.9 Å². The lowest BCUT2D eigenvalue weighted by molar-refractivity contribution is -0.144. The van der Waals surface area contributed by atoms with Gasteiger partial charge in [-0.3, -0.25) is 29.0 Å². The van der Waals surface area contributed by atoms with E-state index in [0.29, 0.717) is 24.4 Å². The van der Waals surface area contributed by atoms with Crippen LogP contribution in [-0.4, -0.2) is 92.3 Å². The first-order valence-electron chi connectivity index (χ1n) is 14.0. The number of aromatic nitrogens is 2. The van der Waals surface area contributed by atoms with Crippen LogP contribution in [-0.2, 0) is 26.2 Å². The molecule has 4 rings (SSSR count). The number of rotatable bonds is 5. The number of fused-ring (bicyclic) bond motifs is 1. The Hall–Kier alpha value is -4.46. The Bertz CT molecular complexity index is 1380. The third kappa shape index (κ3) is 8.09. The number of amides is 5. The minimum atomic E-state index is -1.38. The molecule has 2 aliphatic heterocycles. The Morgan fingerprint density at radius 1 is 1.09 bits per heavy atom. The highest BCUT2D eigenvalue weighted by Crippen LogP contribution is 2.23. The zero-order valence-electron chi connectivity index (χ0n) is 23.5. The van der Waals surface area contributed by atoms with Gasteiger partial charge in [0.1, 0.15) is 29.5 Å². The summed E-state index contributed by atoms with van der Waals surface area (Å²) < 4.78 is 1.54. The Labute approximate surface area is 252 Å². The summed E-state index contributed by atoms with van der Waals surface area (Å²) in [4.78, 5) is 83.0. The van der Waals surface area contributed by atoms with Crippen molar-refractivity contribution in [2.45, 2.75) is 62.7 Å². The molecule has 0 bridgehead atoms. The fraction of sp³-hybridized carbons (Fsp3) is 0.464. The van der Waals surface area contributed by atoms with E-state index in [2.05, 4.69) is 26.3 Å². The standard InChI is InChI=1S/C28H34ClN7O7/c1-35-14-16(29)12-21(35)25(39)32-17-13-22-26(40)34-20(28(42)43)8-9-23(37)31-11-5-3-7-19(27(41)36(22)15-17)33-24(38)18-6-2-4-10-30-18/h2,4,6,10,12,14,17,19-20,22H,3,5,7-9,11,13,15H2,1H3,(H,31,37)(H,32,39)(H,33,38)(H,34,40)(H,42,43)/t17-,19+,20+,22+/m1/s1. The molecule has 14 nitrogen and oxygen atoms in total. The van der Waals surface area contributed by atoms with Crippen LogP contribution in [0.3, 0.4) is 0 Å². The van der Waals surface area contributed by atoms with Gasteiger partial charge in [-0.05, 0) is 50.3 Å². The molecule has 2 aliphatic rings. The molecule has 2 fully saturated rings. The van der Waals surface area contributed by atoms with Gasteiger partial charge in [0.2, 0.25) is 17.7 Å². The quantitative estimate of drug-likeness (QED) is 0.315. The maximum absolute atomic E-state index is 14.0. The molecule has 0 unspecified atom stereocenters. The van der Waals surface area contributed by atoms with Gasteiger partial charge < -0.3 is 35.8 Å². The van der Waals surface area contributed by atoms with Gasteiger partial charge in [-0.15, -0.1) is 0 Å². The van der Waals surface area contributed by atoms with Crippen LogP contribution in [0.1, 0.15) is 59.5 Å². The first-order chi connectivity index (χ1) is 20.5. The van der Waals surface area contributed by atoms with Crippen molar-refractivity contribution in [2.24, 2.45) is 7.05 Å². The number of hydrogen-bond acceptors (Lipinski definition) is 7. The van der Waals surface area contributed by atoms with Crippen LogP contribution >= 0.6 is 11.6 Å². The molecule has 43 heavy (non-hydrogen) atoms. The predicted molar refractivity (Wildman–Crippen MR) is 153 cm³/mol. The third-order valence-electron chi connectivity index (χ3n) is 7.44. The minimum Gasteiger partial charge on any atom is -0.480 e. The summed E-state index contributed by atoms with van der Waals surface area (Å²) in [7, 11) is 1.65. The number of carboxylic acids is 1. The second kappa shape index (κ2) is 14.1. The molecular weight excluding hydrogens is 582 g/mol. The molecule has 0 radical (unpaired) electrons. The molecule has 0 saturated carbocycles. The normalized spacial score (nSPS) is 23.7. The number of nitrogens with one attached hydrogen (secondary N) is 4. The van der Waals surface area contributed by atoms with Gasteiger partial charge in [0.15, 0.2) is 0 Å². The Morgan fingerprint density at radius 3 is 2.56 bits per heavy atom. The zero-order chi connectivity index (χ0) is 31.1. The molecule has 2 saturated heterocycles. The Balaban J connectivity index is 1.61. The molecule has 2 aromatic rings. The van der Waals surface area contributed by atoms with E-state index in [1.54, 1.807) is 29.9 Å². The second-order valence-corrected chi connectivity index (χ2v) is 11.0. The molecule has 4 atom stereocenters. The maximum Gasteiger partial charge on any atom is 0.326 e. The number of aryl methyl sites for hydroxylation is 1. The van der Waals surface area contributed by atoms with Crippen molar-refractivity contribution in [1.82, 2.24) is 35.7 Å². The topological polar surface area (TPSA) is 192 Å². The van der Waals surface area contributed by atoms with E-state index >= 15 is 0 Å². The number of carbonyl (C=O) groups excluding carboxylic acids is 5. The monoisotopic (exact) mass is 615 g/mol. The van der Waals surface area contributed by atoms with Crippen molar-refractivity contribution in [3.8, 4) is 0 Å². The largest absolute Gasteiger partial charge is 0.480 e. The lowest BCUT2D eigenvalue weighted by Crippen LogP contribution is -2.55. The molecule has 2 aromatic heterocycles. The molecule has 15 heteroatoms. The van der Waals surface area contributed by atoms with Crippen molar-refractivity contribution >= 4 is 47.1 Å². The van der Waals surface area contributed by atoms with E-state index in [-0.39, 0.29) is 49.5 Å². The molecule has 230 valence electrons. The number of carbonyl (C=O) groups is 6. The van der Waals surface area contributed by atoms with Crippen LogP contribution in [0, 0.1) is 0 Å². The molecule has 4 heterocycles. The van der Waals surface area contributed by atoms with Crippen LogP contribution in [0.2, 0.25) is 5.02 Å². The van der Waals surface area contributed by atoms with Crippen LogP contribution in [0.4, 0.5) is 0 Å². The van der Waals surface area contributed by atoms with E-state index in [0.717, 1.165) is 0 Å². The number of carboxylic acid groups (broad SMARTS) is 1. The van der Waals surface area contributed by atoms with Gasteiger partial charge in [-0.1, -0.05) is 17.7 Å². The van der Waals surface area contributed by atoms with E-state index in [4.69, 9.17) is 11.6 Å². The summed E-state index contributed by atoms with van der Waals surface area (Å²) in [6.07, 6.45) is 3.89. The lowest BCUT2D eigenvalue weighted by Gasteiger charge is -2.29. The summed E-state index contributed by atoms with van der Waals surface area (Å²) in [6, 6.07) is 2.03. The number of nitrogens with zero attached hydrogens (tertiary/aromatic N) is 3. The average molecular weight is 616 g/mol. The molecular formula is C28H34ClN7O7. The fourth-order valence-corrected chi connectivity index (χ4v) is 5.47. The summed E-state index contributed by atoms with van der Waals surface area (Å²) in [5.74, 6) is -4.05. The number of pyridine rings is 1. The van der Waals surface area contributed by atoms with Gasteiger partial charge >= 0.3 is 5.97 Å². The highest BCUT2D eigenvalue weighted by Gasteiger charge is 2.43. The van der Waals surface area contributed by atoms with Crippen molar-refractivity contribution in [3.05, 3.63) is 53.1 Å². The lowest BCUT2D eigenvalue weighted by atomic mass is 10.1. The number of aliphatic carboxylic acids is 1. The molecule has 5 amide bonds. The fourth-order valence-electron chi connectivity index (χ4n) is 5.22. The predicted octanol–water partition coefficient (Wildman–Crippen LogP) is 0.221. The smallest absolute Gasteiger partial charge is 0.326 e. The van der Waals surface area contributed by atoms with Gasteiger partial charge in [0, 0.05) is 45.0 Å². The van der Waals surface area contributed by atoms with Gasteiger partial charge in [0.05, 0.1) is 5.02 Å². The summed E-state index contributed by atoms with van der Waals surface area (Å²) in [5.41, 5.74) is 0.375.